The molecule has 9 aliphatic rings. The zero-order valence-electron chi connectivity index (χ0n) is 76.3. The number of H-pyrrole nitrogens is 3. The quantitative estimate of drug-likeness (QED) is 0.0126. The highest BCUT2D eigenvalue weighted by molar-refractivity contribution is 8.32. The Kier molecular flexibility index (Phi) is 34.4. The SMILES string of the molecule is CC[C@H]1O[C@@H](n2cnc3c(N)ncnc32)CC1OP([O-])(=S)OC[C@H]1O[C@@H](n2cc(C)c(=O)[nH]c2=O)CC1OP(=O)([S-])OC[C@H]1O[C@@H](n2cnc3c(N)ncnc32)CC1OP([O-])(=S)OC[C@H]1C[C@@H](n2cc(C)c(=O)[nH]c2=O)CC1OP([O-])(=S)OC[C@H]1O[C@@H](N2CC(C)C(=O)NC2=O)CC1OP([O-])(=S)OC[C@H]1O[C@@H](n2cc(C)c(=O)[nH]c2=O)CC1OP([O-])(=S)OC[C@H]1O[C@@H](C2C=C(C)C(=O)NC2=O)CC1OP([O-])(=S)OC. The Hall–Kier alpha value is -6.00. The molecule has 144 heavy (non-hydrogen) atoms. The van der Waals surface area contributed by atoms with Crippen molar-refractivity contribution in [1.29, 1.82) is 0 Å². The molecule has 1 saturated carbocycles. The van der Waals surface area contributed by atoms with Crippen molar-refractivity contribution in [2.45, 2.75) is 222 Å². The average Bonchev–Trinajstić information content (AvgIpc) is 1.60. The molecule has 7 saturated heterocycles. The summed E-state index contributed by atoms with van der Waals surface area (Å²) in [6.07, 6.45) is -16.6. The molecule has 9 N–H and O–H groups in total. The first-order valence-electron chi connectivity index (χ1n) is 44.1. The number of anilines is 2. The maximum absolute atomic E-state index is 15.0. The maximum atomic E-state index is 15.0. The number of ether oxygens (including phenoxy) is 6. The number of nitrogens with two attached hydrogens (primary N) is 2. The van der Waals surface area contributed by atoms with E-state index in [2.05, 4.69) is 55.5 Å². The lowest BCUT2D eigenvalue weighted by Crippen LogP contribution is -2.57. The number of nitrogen functional groups attached to an aromatic ring is 2. The van der Waals surface area contributed by atoms with E-state index >= 15 is 4.89 Å². The van der Waals surface area contributed by atoms with Gasteiger partial charge in [-0.15, -0.1) is 0 Å². The number of urea groups is 1. The first-order chi connectivity index (χ1) is 67.8. The molecule has 16 unspecified atom stereocenters. The van der Waals surface area contributed by atoms with E-state index in [1.807, 2.05) is 0 Å². The summed E-state index contributed by atoms with van der Waals surface area (Å²) in [5.41, 5.74) is 8.48. The van der Waals surface area contributed by atoms with Gasteiger partial charge in [-0.1, -0.05) is 90.8 Å². The van der Waals surface area contributed by atoms with Crippen LogP contribution in [0.15, 0.2) is 84.3 Å². The molecule has 7 aromatic heterocycles. The molecule has 790 valence electrons. The van der Waals surface area contributed by atoms with Gasteiger partial charge in [-0.25, -0.2) is 49.1 Å². The number of hydrogen-bond acceptors (Lipinski definition) is 52. The van der Waals surface area contributed by atoms with Crippen molar-refractivity contribution >= 4 is 188 Å². The molecule has 0 bridgehead atoms. The Bertz CT molecular complexity index is 6890. The second-order valence-electron chi connectivity index (χ2n) is 34.8. The standard InChI is InChI=1S/C74H100N19O37P7S7/c1-8-40-44(13-57(119-40)92-30-81-59-61(75)77-28-79-63(59)92)126-134(107,141)115-25-51-47(16-56(121-51)91-21-36(6)69(98)87-74(91)103)130-137(110,144)117-27-53-48(17-58(123-53)93-31-82-60-62(76)78-29-80-64(60)93)127-132(105,139)112-22-37-10-38(88-18-33(3)66(95)84-71(88)100)11-41(37)124-133(106,140)114-24-50-45(14-54(120-50)89-19-34(4)67(96)85-72(89)101)129-136(109,143)116-26-52-46(15-55(122-52)90-20-35(5)68(97)86-73(90)102)128-135(108,142)113-23-49-43(125-131(104,138)111-7)12-42(118-49)39-9-32(2)65(94)83-70(39)99/h9,18,20-21,28-31,34,37-58H,8,10-17,19,22-27H2,1-7H3,(H,104,138)(H,105,139)(H,106,140)(H,107,141)(H,108,142)(H,109,143)(H,110,144)(H2,75,77,79)(H2,76,78,80)(H,83,94,99)(H,84,95,100)(H,85,96,101)(H,86,97,102)(H,87,98,103)/p-7/t34?,37-,38-,39?,40-,41?,42-,43?,44?,45?,46?,47?,48?,49-,50-,51-,52-,53-,54-,55-,56-,57-,58-,131?,132?,133?,134?,135?,136?,137?/m1/s1. The molecule has 0 aromatic carbocycles. The number of amides is 5. The van der Waals surface area contributed by atoms with E-state index in [0.717, 1.165) is 38.2 Å². The third kappa shape index (κ3) is 26.1. The van der Waals surface area contributed by atoms with E-state index in [1.165, 1.54) is 76.6 Å². The summed E-state index contributed by atoms with van der Waals surface area (Å²) in [6.45, 7) is -29.7. The monoisotopic (exact) mass is 2280 g/mol. The molecular weight excluding hydrogens is 2190 g/mol. The third-order valence-corrected chi connectivity index (χ3v) is 36.1. The van der Waals surface area contributed by atoms with E-state index in [-0.39, 0.29) is 90.1 Å². The van der Waals surface area contributed by atoms with Gasteiger partial charge in [-0.3, -0.25) is 86.7 Å². The fourth-order valence-corrected chi connectivity index (χ4v) is 27.5. The van der Waals surface area contributed by atoms with Crippen molar-refractivity contribution in [3.8, 4) is 0 Å². The molecule has 0 spiro atoms. The van der Waals surface area contributed by atoms with Crippen LogP contribution < -0.4 is 85.2 Å². The van der Waals surface area contributed by atoms with Crippen LogP contribution in [-0.2, 0) is 194 Å². The van der Waals surface area contributed by atoms with Crippen LogP contribution in [0.25, 0.3) is 22.3 Å². The predicted molar refractivity (Wildman–Crippen MR) is 508 cm³/mol. The summed E-state index contributed by atoms with van der Waals surface area (Å²) in [6, 6.07) is -1.91. The summed E-state index contributed by atoms with van der Waals surface area (Å²) >= 11 is 38.0. The van der Waals surface area contributed by atoms with Gasteiger partial charge in [-0.05, 0) is 47.0 Å². The van der Waals surface area contributed by atoms with Gasteiger partial charge in [0.05, 0.1) is 119 Å². The second kappa shape index (κ2) is 44.7. The van der Waals surface area contributed by atoms with Crippen molar-refractivity contribution < 1.29 is 145 Å². The van der Waals surface area contributed by atoms with Crippen LogP contribution in [0.1, 0.15) is 126 Å². The van der Waals surface area contributed by atoms with Crippen LogP contribution in [-0.4, -0.2) is 241 Å². The number of aromatic amines is 3. The number of carbonyl (C=O) groups excluding carboxylic acids is 4. The lowest BCUT2D eigenvalue weighted by molar-refractivity contribution is -0.221. The molecule has 5 amide bonds. The van der Waals surface area contributed by atoms with Gasteiger partial charge in [0.15, 0.2) is 29.7 Å². The van der Waals surface area contributed by atoms with Crippen molar-refractivity contribution in [2.24, 2.45) is 17.8 Å². The summed E-state index contributed by atoms with van der Waals surface area (Å²) < 4.78 is 140. The highest BCUT2D eigenvalue weighted by atomic mass is 32.7. The van der Waals surface area contributed by atoms with Crippen molar-refractivity contribution in [3.05, 3.63) is 135 Å². The molecule has 70 heteroatoms. The van der Waals surface area contributed by atoms with E-state index in [4.69, 9.17) is 186 Å². The molecule has 1 aliphatic carbocycles. The van der Waals surface area contributed by atoms with E-state index in [0.29, 0.717) is 17.6 Å². The minimum atomic E-state index is -5.02. The van der Waals surface area contributed by atoms with Crippen molar-refractivity contribution in [3.63, 3.8) is 0 Å². The Morgan fingerprint density at radius 3 is 1.28 bits per heavy atom. The Labute approximate surface area is 849 Å². The number of imidazole rings is 2. The number of nitrogens with one attached hydrogen (secondary N) is 5. The normalized spacial score (nSPS) is 31.9. The molecule has 8 fully saturated rings. The number of imide groups is 2. The van der Waals surface area contributed by atoms with E-state index in [1.54, 1.807) is 11.5 Å². The van der Waals surface area contributed by atoms with Gasteiger partial charge in [0.2, 0.25) is 11.8 Å². The topological polar surface area (TPSA) is 739 Å². The number of rotatable bonds is 41. The summed E-state index contributed by atoms with van der Waals surface area (Å²) in [4.78, 5) is 250. The van der Waals surface area contributed by atoms with Crippen LogP contribution in [0.5, 0.6) is 0 Å². The van der Waals surface area contributed by atoms with Crippen molar-refractivity contribution in [2.75, 3.05) is 64.8 Å². The van der Waals surface area contributed by atoms with Gasteiger partial charge >= 0.3 is 23.1 Å². The first-order valence-corrected chi connectivity index (χ1v) is 61.9. The summed E-state index contributed by atoms with van der Waals surface area (Å²) in [5.74, 6) is -5.02. The largest absolute Gasteiger partial charge is 0.780 e. The summed E-state index contributed by atoms with van der Waals surface area (Å²) in [7, 11) is 1.02. The smallest absolute Gasteiger partial charge is 0.330 e. The molecule has 0 radical (unpaired) electrons. The minimum Gasteiger partial charge on any atom is -0.780 e. The molecular formula is C74H93N19O37P7S7-7. The number of aryl methyl sites for hydroxylation is 3. The zero-order valence-corrected chi connectivity index (χ0v) is 88.3. The fraction of sp³-hybridized carbons (Fsp3) is 0.622. The zero-order chi connectivity index (χ0) is 104. The molecule has 7 aromatic rings. The van der Waals surface area contributed by atoms with Gasteiger partial charge in [0.1, 0.15) is 126 Å². The number of aromatic nitrogens is 14. The second-order valence-corrected chi connectivity index (χ2v) is 53.8. The fourth-order valence-electron chi connectivity index (χ4n) is 17.7. The molecule has 56 nitrogen and oxygen atoms in total. The molecule has 16 rings (SSSR count). The number of hydrogen-bond donors (Lipinski definition) is 7. The van der Waals surface area contributed by atoms with Crippen LogP contribution >= 0.6 is 47.1 Å². The third-order valence-electron chi connectivity index (χ3n) is 25.0. The predicted octanol–water partition coefficient (Wildman–Crippen LogP) is -1.80. The lowest BCUT2D eigenvalue weighted by Gasteiger charge is -2.37. The van der Waals surface area contributed by atoms with Crippen molar-refractivity contribution in [1.82, 2.24) is 83.2 Å². The van der Waals surface area contributed by atoms with E-state index in [9.17, 15) is 77.0 Å². The van der Waals surface area contributed by atoms with Crippen LogP contribution in [0, 0.1) is 38.5 Å². The molecule has 30 atom stereocenters. The average molecular weight is 2280 g/mol. The van der Waals surface area contributed by atoms with Crippen LogP contribution in [0.3, 0.4) is 0 Å². The van der Waals surface area contributed by atoms with Gasteiger partial charge in [-0.2, -0.15) is 0 Å². The highest BCUT2D eigenvalue weighted by Gasteiger charge is 2.51. The molecule has 15 heterocycles. The molecule has 8 aliphatic heterocycles. The maximum Gasteiger partial charge on any atom is 0.330 e. The minimum absolute atomic E-state index is 0.0278. The highest BCUT2D eigenvalue weighted by Crippen LogP contribution is 2.57. The lowest BCUT2D eigenvalue weighted by atomic mass is 9.93. The summed E-state index contributed by atoms with van der Waals surface area (Å²) in [5, 5.41) is 4.43. The Balaban J connectivity index is 0.601. The van der Waals surface area contributed by atoms with E-state index < -0.39 is 297 Å². The van der Waals surface area contributed by atoms with Crippen LogP contribution in [0.4, 0.5) is 16.4 Å². The first kappa shape index (κ1) is 111. The number of carbonyl (C=O) groups is 4. The van der Waals surface area contributed by atoms with Crippen LogP contribution in [0.2, 0.25) is 0 Å². The van der Waals surface area contributed by atoms with Gasteiger partial charge in [0, 0.05) is 105 Å². The van der Waals surface area contributed by atoms with Gasteiger partial charge < -0.3 is 145 Å². The number of fused-ring (bicyclic) bond motifs is 2. The Morgan fingerprint density at radius 1 is 0.444 bits per heavy atom. The number of nitrogens with zero attached hydrogens (tertiary/aromatic N) is 12. The van der Waals surface area contributed by atoms with Gasteiger partial charge in [0.25, 0.3) is 22.6 Å². The Morgan fingerprint density at radius 2 is 0.819 bits per heavy atom.